The number of non-ortho nitro benzene ring substituents is 1. The van der Waals surface area contributed by atoms with Gasteiger partial charge in [0.2, 0.25) is 0 Å². The Kier molecular flexibility index (Phi) is 3.31. The highest BCUT2D eigenvalue weighted by molar-refractivity contribution is 9.10. The van der Waals surface area contributed by atoms with Gasteiger partial charge in [0.15, 0.2) is 0 Å². The minimum Gasteiger partial charge on any atom is -0.258 e. The van der Waals surface area contributed by atoms with E-state index in [1.165, 1.54) is 0 Å². The van der Waals surface area contributed by atoms with E-state index in [0.29, 0.717) is 12.1 Å². The van der Waals surface area contributed by atoms with Gasteiger partial charge < -0.3 is 0 Å². The normalized spacial score (nSPS) is 11.4. The van der Waals surface area contributed by atoms with Crippen molar-refractivity contribution in [3.63, 3.8) is 0 Å². The summed E-state index contributed by atoms with van der Waals surface area (Å²) < 4.78 is 34.5. The molecule has 0 atom stereocenters. The van der Waals surface area contributed by atoms with Gasteiger partial charge in [0.25, 0.3) is 14.7 Å². The summed E-state index contributed by atoms with van der Waals surface area (Å²) in [6.45, 7) is 0. The van der Waals surface area contributed by atoms with Crippen LogP contribution in [-0.2, 0) is 9.05 Å². The summed E-state index contributed by atoms with van der Waals surface area (Å²) in [5.41, 5.74) is -0.685. The third-order valence-corrected chi connectivity index (χ3v) is 3.87. The molecule has 0 bridgehead atoms. The highest BCUT2D eigenvalue weighted by atomic mass is 79.9. The Morgan fingerprint density at radius 3 is 2.40 bits per heavy atom. The molecule has 0 aromatic heterocycles. The quantitative estimate of drug-likeness (QED) is 0.476. The first-order chi connectivity index (χ1) is 6.73. The number of nitro groups is 1. The van der Waals surface area contributed by atoms with Crippen LogP contribution in [0.5, 0.6) is 0 Å². The second-order valence-electron chi connectivity index (χ2n) is 2.43. The molecular weight excluding hydrogens is 316 g/mol. The SMILES string of the molecule is O=[N+]([O-])c1cc(F)c(Br)c(S(=O)(=O)Cl)c1. The molecule has 0 amide bonds. The molecule has 9 heteroatoms. The average Bonchev–Trinajstić information content (AvgIpc) is 2.06. The van der Waals surface area contributed by atoms with E-state index in [-0.39, 0.29) is 0 Å². The molecule has 15 heavy (non-hydrogen) atoms. The lowest BCUT2D eigenvalue weighted by molar-refractivity contribution is -0.385. The molecule has 0 spiro atoms. The van der Waals surface area contributed by atoms with Crippen LogP contribution >= 0.6 is 26.6 Å². The Labute approximate surface area is 96.5 Å². The van der Waals surface area contributed by atoms with Gasteiger partial charge in [-0.05, 0) is 15.9 Å². The van der Waals surface area contributed by atoms with Crippen LogP contribution in [0.15, 0.2) is 21.5 Å². The van der Waals surface area contributed by atoms with Crippen molar-refractivity contribution < 1.29 is 17.7 Å². The first kappa shape index (κ1) is 12.3. The van der Waals surface area contributed by atoms with Crippen LogP contribution in [-0.4, -0.2) is 13.3 Å². The van der Waals surface area contributed by atoms with Gasteiger partial charge in [-0.15, -0.1) is 0 Å². The molecule has 0 saturated heterocycles. The van der Waals surface area contributed by atoms with Crippen molar-refractivity contribution in [3.05, 3.63) is 32.5 Å². The van der Waals surface area contributed by atoms with Crippen molar-refractivity contribution in [1.82, 2.24) is 0 Å². The van der Waals surface area contributed by atoms with Crippen LogP contribution in [0.2, 0.25) is 0 Å². The highest BCUT2D eigenvalue weighted by Crippen LogP contribution is 2.31. The summed E-state index contributed by atoms with van der Waals surface area (Å²) in [7, 11) is 0.734. The van der Waals surface area contributed by atoms with Crippen molar-refractivity contribution in [2.75, 3.05) is 0 Å². The Hall–Kier alpha value is -0.730. The zero-order valence-corrected chi connectivity index (χ0v) is 9.94. The lowest BCUT2D eigenvalue weighted by atomic mass is 10.3. The fourth-order valence-corrected chi connectivity index (χ4v) is 2.92. The maximum Gasteiger partial charge on any atom is 0.273 e. The van der Waals surface area contributed by atoms with E-state index < -0.39 is 34.8 Å². The number of nitro benzene ring substituents is 1. The van der Waals surface area contributed by atoms with E-state index in [0.717, 1.165) is 0 Å². The zero-order chi connectivity index (χ0) is 11.8. The van der Waals surface area contributed by atoms with E-state index in [4.69, 9.17) is 10.7 Å². The van der Waals surface area contributed by atoms with Gasteiger partial charge in [0, 0.05) is 16.7 Å². The molecule has 1 aromatic rings. The molecule has 0 aliphatic carbocycles. The number of nitrogens with zero attached hydrogens (tertiary/aromatic N) is 1. The van der Waals surface area contributed by atoms with Gasteiger partial charge in [-0.3, -0.25) is 10.1 Å². The summed E-state index contributed by atoms with van der Waals surface area (Å²) in [6, 6.07) is 1.27. The second-order valence-corrected chi connectivity index (χ2v) is 5.76. The topological polar surface area (TPSA) is 77.3 Å². The van der Waals surface area contributed by atoms with Crippen LogP contribution < -0.4 is 0 Å². The van der Waals surface area contributed by atoms with Crippen molar-refractivity contribution in [3.8, 4) is 0 Å². The minimum atomic E-state index is -4.23. The monoisotopic (exact) mass is 317 g/mol. The summed E-state index contributed by atoms with van der Waals surface area (Å²) in [4.78, 5) is 8.74. The molecule has 0 aliphatic heterocycles. The lowest BCUT2D eigenvalue weighted by Gasteiger charge is -2.01. The van der Waals surface area contributed by atoms with Crippen LogP contribution in [0.1, 0.15) is 0 Å². The molecule has 1 rings (SSSR count). The van der Waals surface area contributed by atoms with Crippen LogP contribution in [0, 0.1) is 15.9 Å². The van der Waals surface area contributed by atoms with Crippen molar-refractivity contribution in [1.29, 1.82) is 0 Å². The maximum absolute atomic E-state index is 13.1. The van der Waals surface area contributed by atoms with E-state index in [1.54, 1.807) is 0 Å². The largest absolute Gasteiger partial charge is 0.273 e. The minimum absolute atomic E-state index is 0.428. The van der Waals surface area contributed by atoms with Gasteiger partial charge >= 0.3 is 0 Å². The van der Waals surface area contributed by atoms with Gasteiger partial charge in [-0.25, -0.2) is 12.8 Å². The zero-order valence-electron chi connectivity index (χ0n) is 6.78. The van der Waals surface area contributed by atoms with E-state index in [2.05, 4.69) is 15.9 Å². The molecule has 0 saturated carbocycles. The third-order valence-electron chi connectivity index (χ3n) is 1.45. The molecule has 5 nitrogen and oxygen atoms in total. The van der Waals surface area contributed by atoms with Gasteiger partial charge in [-0.1, -0.05) is 0 Å². The highest BCUT2D eigenvalue weighted by Gasteiger charge is 2.22. The first-order valence-electron chi connectivity index (χ1n) is 3.31. The standard InChI is InChI=1S/C6H2BrClFNO4S/c7-6-4(9)1-3(10(11)12)2-5(6)15(8,13)14/h1-2H. The second kappa shape index (κ2) is 4.03. The fourth-order valence-electron chi connectivity index (χ4n) is 0.833. The molecular formula is C6H2BrClFNO4S. The predicted octanol–water partition coefficient (Wildman–Crippen LogP) is 2.42. The summed E-state index contributed by atoms with van der Waals surface area (Å²) >= 11 is 2.64. The number of halogens is 3. The number of rotatable bonds is 2. The Balaban J connectivity index is 3.59. The molecule has 0 radical (unpaired) electrons. The van der Waals surface area contributed by atoms with Crippen LogP contribution in [0.4, 0.5) is 10.1 Å². The number of benzene rings is 1. The van der Waals surface area contributed by atoms with E-state index in [1.807, 2.05) is 0 Å². The van der Waals surface area contributed by atoms with Crippen molar-refractivity contribution in [2.24, 2.45) is 0 Å². The Morgan fingerprint density at radius 1 is 1.47 bits per heavy atom. The van der Waals surface area contributed by atoms with E-state index >= 15 is 0 Å². The molecule has 82 valence electrons. The van der Waals surface area contributed by atoms with E-state index in [9.17, 15) is 22.9 Å². The van der Waals surface area contributed by atoms with Gasteiger partial charge in [-0.2, -0.15) is 0 Å². The van der Waals surface area contributed by atoms with Gasteiger partial charge in [0.05, 0.1) is 15.5 Å². The predicted molar refractivity (Wildman–Crippen MR) is 53.8 cm³/mol. The number of hydrogen-bond acceptors (Lipinski definition) is 4. The fraction of sp³-hybridized carbons (Fsp3) is 0. The Morgan fingerprint density at radius 2 is 2.00 bits per heavy atom. The smallest absolute Gasteiger partial charge is 0.258 e. The molecule has 1 aromatic carbocycles. The summed E-state index contributed by atoms with van der Waals surface area (Å²) in [5.74, 6) is -1.07. The Bertz CT molecular complexity index is 532. The molecule has 0 unspecified atom stereocenters. The number of hydrogen-bond donors (Lipinski definition) is 0. The van der Waals surface area contributed by atoms with Crippen molar-refractivity contribution in [2.45, 2.75) is 4.90 Å². The van der Waals surface area contributed by atoms with Gasteiger partial charge in [0.1, 0.15) is 10.7 Å². The third kappa shape index (κ3) is 2.64. The summed E-state index contributed by atoms with van der Waals surface area (Å²) in [6.07, 6.45) is 0. The van der Waals surface area contributed by atoms with Crippen LogP contribution in [0.25, 0.3) is 0 Å². The molecule has 0 heterocycles. The maximum atomic E-state index is 13.1. The summed E-state index contributed by atoms with van der Waals surface area (Å²) in [5, 5.41) is 10.3. The van der Waals surface area contributed by atoms with Crippen LogP contribution in [0.3, 0.4) is 0 Å². The van der Waals surface area contributed by atoms with Crippen molar-refractivity contribution >= 4 is 41.4 Å². The molecule has 0 aliphatic rings. The lowest BCUT2D eigenvalue weighted by Crippen LogP contribution is -1.98. The average molecular weight is 319 g/mol. The molecule has 0 N–H and O–H groups in total. The first-order valence-corrected chi connectivity index (χ1v) is 6.42. The molecule has 0 fully saturated rings.